The predicted octanol–water partition coefficient (Wildman–Crippen LogP) is 0.855. The van der Waals surface area contributed by atoms with Gasteiger partial charge in [-0.15, -0.1) is 0 Å². The number of nitrogens with zero attached hydrogens (tertiary/aromatic N) is 3. The van der Waals surface area contributed by atoms with Crippen molar-refractivity contribution in [2.75, 3.05) is 6.61 Å². The molecule has 0 aliphatic carbocycles. The molecule has 72 valence electrons. The van der Waals surface area contributed by atoms with E-state index in [1.807, 2.05) is 0 Å². The summed E-state index contributed by atoms with van der Waals surface area (Å²) in [6.45, 7) is 1.87. The lowest BCUT2D eigenvalue weighted by atomic mass is 10.4. The minimum absolute atomic E-state index is 0.0912. The van der Waals surface area contributed by atoms with Crippen molar-refractivity contribution in [3.63, 3.8) is 0 Å². The van der Waals surface area contributed by atoms with Gasteiger partial charge in [-0.25, -0.2) is 0 Å². The second-order valence-electron chi connectivity index (χ2n) is 2.43. The highest BCUT2D eigenvalue weighted by atomic mass is 79.9. The topological polar surface area (TPSA) is 81.2 Å². The zero-order valence-corrected chi connectivity index (χ0v) is 8.48. The Morgan fingerprint density at radius 1 is 1.77 bits per heavy atom. The number of aromatic nitrogens is 2. The standard InChI is InChI=1S/C6H8BrN3O3/c1-4-5(7)6(10(12)13)8-9(4)2-3-11/h11H,2-3H2,1H3. The fourth-order valence-electron chi connectivity index (χ4n) is 0.937. The van der Waals surface area contributed by atoms with Crippen LogP contribution in [0.15, 0.2) is 4.47 Å². The van der Waals surface area contributed by atoms with Gasteiger partial charge >= 0.3 is 5.82 Å². The smallest absolute Gasteiger partial charge is 0.394 e. The van der Waals surface area contributed by atoms with Crippen LogP contribution in [-0.4, -0.2) is 26.4 Å². The Kier molecular flexibility index (Phi) is 2.99. The van der Waals surface area contributed by atoms with Crippen LogP contribution >= 0.6 is 15.9 Å². The number of halogens is 1. The summed E-state index contributed by atoms with van der Waals surface area (Å²) < 4.78 is 1.76. The van der Waals surface area contributed by atoms with Crippen LogP contribution in [0, 0.1) is 17.0 Å². The molecule has 0 aromatic carbocycles. The summed E-state index contributed by atoms with van der Waals surface area (Å²) in [5.41, 5.74) is 0.640. The Balaban J connectivity index is 3.12. The highest BCUT2D eigenvalue weighted by molar-refractivity contribution is 9.10. The van der Waals surface area contributed by atoms with Gasteiger partial charge in [0.15, 0.2) is 0 Å². The Morgan fingerprint density at radius 3 is 2.77 bits per heavy atom. The van der Waals surface area contributed by atoms with Crippen molar-refractivity contribution < 1.29 is 10.0 Å². The van der Waals surface area contributed by atoms with E-state index in [0.717, 1.165) is 0 Å². The van der Waals surface area contributed by atoms with Crippen LogP contribution in [-0.2, 0) is 6.54 Å². The number of hydrogen-bond acceptors (Lipinski definition) is 4. The molecule has 0 aliphatic rings. The van der Waals surface area contributed by atoms with Crippen LogP contribution in [0.4, 0.5) is 5.82 Å². The zero-order valence-electron chi connectivity index (χ0n) is 6.90. The number of hydrogen-bond donors (Lipinski definition) is 1. The minimum Gasteiger partial charge on any atom is -0.394 e. The van der Waals surface area contributed by atoms with Crippen molar-refractivity contribution in [2.45, 2.75) is 13.5 Å². The fraction of sp³-hybridized carbons (Fsp3) is 0.500. The van der Waals surface area contributed by atoms with Gasteiger partial charge in [-0.2, -0.15) is 4.68 Å². The van der Waals surface area contributed by atoms with Gasteiger partial charge in [0.25, 0.3) is 0 Å². The lowest BCUT2D eigenvalue weighted by Crippen LogP contribution is -2.05. The molecule has 6 nitrogen and oxygen atoms in total. The first-order valence-electron chi connectivity index (χ1n) is 3.56. The van der Waals surface area contributed by atoms with Gasteiger partial charge in [-0.05, 0) is 27.8 Å². The minimum atomic E-state index is -0.565. The molecule has 1 aromatic rings. The molecule has 0 saturated heterocycles. The summed E-state index contributed by atoms with van der Waals surface area (Å²) in [4.78, 5) is 9.86. The van der Waals surface area contributed by atoms with E-state index in [4.69, 9.17) is 5.11 Å². The Morgan fingerprint density at radius 2 is 2.38 bits per heavy atom. The van der Waals surface area contributed by atoms with Crippen molar-refractivity contribution in [3.05, 3.63) is 20.3 Å². The van der Waals surface area contributed by atoms with Crippen LogP contribution < -0.4 is 0 Å². The molecule has 1 N–H and O–H groups in total. The first-order valence-corrected chi connectivity index (χ1v) is 4.35. The third-order valence-electron chi connectivity index (χ3n) is 1.60. The second kappa shape index (κ2) is 3.84. The normalized spacial score (nSPS) is 10.4. The largest absolute Gasteiger partial charge is 0.404 e. The molecule has 0 aliphatic heterocycles. The van der Waals surface area contributed by atoms with Gasteiger partial charge in [0.1, 0.15) is 4.47 Å². The molecule has 0 radical (unpaired) electrons. The number of aliphatic hydroxyl groups is 1. The summed E-state index contributed by atoms with van der Waals surface area (Å²) in [6, 6.07) is 0. The van der Waals surface area contributed by atoms with Gasteiger partial charge in [0.05, 0.1) is 23.9 Å². The molecule has 0 saturated carbocycles. The summed E-state index contributed by atoms with van der Waals surface area (Å²) in [6.07, 6.45) is 0. The van der Waals surface area contributed by atoms with Crippen LogP contribution in [0.3, 0.4) is 0 Å². The first kappa shape index (κ1) is 10.1. The molecule has 0 unspecified atom stereocenters. The van der Waals surface area contributed by atoms with E-state index >= 15 is 0 Å². The highest BCUT2D eigenvalue weighted by Gasteiger charge is 2.22. The fourth-order valence-corrected chi connectivity index (χ4v) is 1.37. The lowest BCUT2D eigenvalue weighted by Gasteiger charge is -1.93. The number of aliphatic hydroxyl groups excluding tert-OH is 1. The highest BCUT2D eigenvalue weighted by Crippen LogP contribution is 2.26. The van der Waals surface area contributed by atoms with E-state index < -0.39 is 4.92 Å². The molecule has 0 atom stereocenters. The van der Waals surface area contributed by atoms with E-state index in [1.54, 1.807) is 6.92 Å². The lowest BCUT2D eigenvalue weighted by molar-refractivity contribution is -0.390. The van der Waals surface area contributed by atoms with Gasteiger partial charge in [-0.3, -0.25) is 0 Å². The Labute approximate surface area is 82.4 Å². The van der Waals surface area contributed by atoms with E-state index in [1.165, 1.54) is 4.68 Å². The Bertz CT molecular complexity index is 336. The van der Waals surface area contributed by atoms with Gasteiger partial charge in [0, 0.05) is 0 Å². The third-order valence-corrected chi connectivity index (χ3v) is 2.53. The van der Waals surface area contributed by atoms with Crippen LogP contribution in [0.1, 0.15) is 5.69 Å². The van der Waals surface area contributed by atoms with Crippen molar-refractivity contribution in [1.29, 1.82) is 0 Å². The molecule has 0 amide bonds. The van der Waals surface area contributed by atoms with Crippen LogP contribution in [0.5, 0.6) is 0 Å². The molecule has 0 spiro atoms. The van der Waals surface area contributed by atoms with E-state index in [0.29, 0.717) is 10.2 Å². The zero-order chi connectivity index (χ0) is 10.0. The van der Waals surface area contributed by atoms with Crippen LogP contribution in [0.25, 0.3) is 0 Å². The van der Waals surface area contributed by atoms with Crippen molar-refractivity contribution in [2.24, 2.45) is 0 Å². The molecule has 1 aromatic heterocycles. The monoisotopic (exact) mass is 249 g/mol. The quantitative estimate of drug-likeness (QED) is 0.637. The maximum atomic E-state index is 10.4. The van der Waals surface area contributed by atoms with Crippen molar-refractivity contribution >= 4 is 21.7 Å². The molecule has 1 rings (SSSR count). The van der Waals surface area contributed by atoms with Crippen molar-refractivity contribution in [1.82, 2.24) is 9.78 Å². The number of rotatable bonds is 3. The average Bonchev–Trinajstić information content (AvgIpc) is 2.33. The molecular weight excluding hydrogens is 242 g/mol. The van der Waals surface area contributed by atoms with E-state index in [-0.39, 0.29) is 19.0 Å². The summed E-state index contributed by atoms with van der Waals surface area (Å²) >= 11 is 3.06. The van der Waals surface area contributed by atoms with Crippen molar-refractivity contribution in [3.8, 4) is 0 Å². The Hall–Kier alpha value is -0.950. The molecule has 13 heavy (non-hydrogen) atoms. The van der Waals surface area contributed by atoms with Gasteiger partial charge < -0.3 is 15.2 Å². The second-order valence-corrected chi connectivity index (χ2v) is 3.22. The van der Waals surface area contributed by atoms with Gasteiger partial charge in [-0.1, -0.05) is 0 Å². The average molecular weight is 250 g/mol. The maximum absolute atomic E-state index is 10.4. The van der Waals surface area contributed by atoms with E-state index in [2.05, 4.69) is 21.0 Å². The SMILES string of the molecule is Cc1c(Br)c([N+](=O)[O-])nn1CCO. The molecular formula is C6H8BrN3O3. The third kappa shape index (κ3) is 1.86. The molecule has 1 heterocycles. The summed E-state index contributed by atoms with van der Waals surface area (Å²) in [5.74, 6) is -0.217. The molecule has 0 bridgehead atoms. The predicted molar refractivity (Wildman–Crippen MR) is 48.4 cm³/mol. The van der Waals surface area contributed by atoms with E-state index in [9.17, 15) is 10.1 Å². The molecule has 7 heteroatoms. The van der Waals surface area contributed by atoms with Gasteiger partial charge in [0.2, 0.25) is 0 Å². The first-order chi connectivity index (χ1) is 6.07. The summed E-state index contributed by atoms with van der Waals surface area (Å²) in [7, 11) is 0. The number of nitro groups is 1. The summed E-state index contributed by atoms with van der Waals surface area (Å²) in [5, 5.41) is 22.8. The molecule has 0 fully saturated rings. The van der Waals surface area contributed by atoms with Crippen LogP contribution in [0.2, 0.25) is 0 Å². The maximum Gasteiger partial charge on any atom is 0.404 e.